The number of benzene rings is 2. The maximum absolute atomic E-state index is 10.8. The molecule has 0 aliphatic heterocycles. The van der Waals surface area contributed by atoms with Crippen molar-refractivity contribution in [2.24, 2.45) is 0 Å². The zero-order valence-electron chi connectivity index (χ0n) is 10.1. The van der Waals surface area contributed by atoms with E-state index in [4.69, 9.17) is 4.74 Å². The summed E-state index contributed by atoms with van der Waals surface area (Å²) in [5, 5.41) is 9.19. The first-order valence-electron chi connectivity index (χ1n) is 5.69. The highest BCUT2D eigenvalue weighted by atomic mass is 16.5. The van der Waals surface area contributed by atoms with Crippen molar-refractivity contribution in [2.45, 2.75) is 13.3 Å². The topological polar surface area (TPSA) is 46.5 Å². The van der Waals surface area contributed by atoms with E-state index >= 15 is 0 Å². The van der Waals surface area contributed by atoms with E-state index in [9.17, 15) is 9.90 Å². The van der Waals surface area contributed by atoms with Gasteiger partial charge in [-0.3, -0.25) is 4.79 Å². The summed E-state index contributed by atoms with van der Waals surface area (Å²) < 4.78 is 4.96. The minimum atomic E-state index is -0.318. The number of rotatable bonds is 3. The van der Waals surface area contributed by atoms with Crippen LogP contribution in [0.1, 0.15) is 18.1 Å². The lowest BCUT2D eigenvalue weighted by atomic mass is 10.0. The first-order chi connectivity index (χ1) is 8.63. The van der Waals surface area contributed by atoms with Gasteiger partial charge >= 0.3 is 5.97 Å². The summed E-state index contributed by atoms with van der Waals surface area (Å²) in [5.74, 6) is 0.502. The molecule has 3 nitrogen and oxygen atoms in total. The van der Waals surface area contributed by atoms with Crippen LogP contribution in [-0.2, 0) is 11.2 Å². The predicted octanol–water partition coefficient (Wildman–Crippen LogP) is 2.91. The molecule has 0 amide bonds. The molecule has 0 heterocycles. The largest absolute Gasteiger partial charge is 0.508 e. The fourth-order valence-corrected chi connectivity index (χ4v) is 1.69. The van der Waals surface area contributed by atoms with E-state index in [0.717, 1.165) is 17.5 Å². The first-order valence-corrected chi connectivity index (χ1v) is 5.69. The molecule has 0 radical (unpaired) electrons. The summed E-state index contributed by atoms with van der Waals surface area (Å²) in [6, 6.07) is 14.5. The molecule has 0 bridgehead atoms. The number of phenolic OH excluding ortho intramolecular Hbond substituents is 1. The third kappa shape index (κ3) is 3.35. The van der Waals surface area contributed by atoms with Gasteiger partial charge in [-0.2, -0.15) is 0 Å². The van der Waals surface area contributed by atoms with Crippen LogP contribution in [0, 0.1) is 0 Å². The number of aromatic hydroxyl groups is 1. The molecule has 0 aromatic heterocycles. The van der Waals surface area contributed by atoms with Gasteiger partial charge in [-0.15, -0.1) is 0 Å². The van der Waals surface area contributed by atoms with Gasteiger partial charge in [-0.1, -0.05) is 24.3 Å². The number of carbonyl (C=O) groups excluding carboxylic acids is 1. The van der Waals surface area contributed by atoms with Crippen molar-refractivity contribution in [3.8, 4) is 11.5 Å². The minimum Gasteiger partial charge on any atom is -0.508 e. The molecule has 3 heteroatoms. The Morgan fingerprint density at radius 3 is 2.00 bits per heavy atom. The van der Waals surface area contributed by atoms with E-state index in [1.807, 2.05) is 24.3 Å². The molecule has 0 aliphatic carbocycles. The van der Waals surface area contributed by atoms with Crippen molar-refractivity contribution in [3.63, 3.8) is 0 Å². The molecule has 0 unspecified atom stereocenters. The lowest BCUT2D eigenvalue weighted by Crippen LogP contribution is -2.01. The van der Waals surface area contributed by atoms with Crippen LogP contribution in [0.25, 0.3) is 0 Å². The van der Waals surface area contributed by atoms with Gasteiger partial charge in [-0.05, 0) is 41.8 Å². The molecule has 0 spiro atoms. The zero-order chi connectivity index (χ0) is 13.0. The molecule has 2 aromatic rings. The minimum absolute atomic E-state index is 0.268. The molecule has 0 fully saturated rings. The second-order valence-electron chi connectivity index (χ2n) is 4.08. The van der Waals surface area contributed by atoms with Gasteiger partial charge < -0.3 is 9.84 Å². The molecule has 0 saturated heterocycles. The van der Waals surface area contributed by atoms with E-state index in [1.165, 1.54) is 6.92 Å². The van der Waals surface area contributed by atoms with Gasteiger partial charge in [0.05, 0.1) is 0 Å². The smallest absolute Gasteiger partial charge is 0.308 e. The van der Waals surface area contributed by atoms with E-state index in [2.05, 4.69) is 0 Å². The molecule has 1 N–H and O–H groups in total. The van der Waals surface area contributed by atoms with Crippen molar-refractivity contribution >= 4 is 5.97 Å². The fraction of sp³-hybridized carbons (Fsp3) is 0.133. The second kappa shape index (κ2) is 5.36. The van der Waals surface area contributed by atoms with Crippen molar-refractivity contribution in [3.05, 3.63) is 59.7 Å². The number of carbonyl (C=O) groups is 1. The lowest BCUT2D eigenvalue weighted by Gasteiger charge is -2.04. The second-order valence-corrected chi connectivity index (χ2v) is 4.08. The normalized spacial score (nSPS) is 10.1. The third-order valence-corrected chi connectivity index (χ3v) is 2.53. The lowest BCUT2D eigenvalue weighted by molar-refractivity contribution is -0.131. The first kappa shape index (κ1) is 12.2. The number of phenols is 1. The highest BCUT2D eigenvalue weighted by Gasteiger charge is 2.00. The predicted molar refractivity (Wildman–Crippen MR) is 68.7 cm³/mol. The SMILES string of the molecule is CC(=O)Oc1ccc(Cc2ccc(O)cc2)cc1. The monoisotopic (exact) mass is 242 g/mol. The Bertz CT molecular complexity index is 527. The van der Waals surface area contributed by atoms with E-state index in [1.54, 1.807) is 24.3 Å². The average Bonchev–Trinajstić information content (AvgIpc) is 2.34. The van der Waals surface area contributed by atoms with E-state index in [0.29, 0.717) is 5.75 Å². The molecule has 0 aliphatic rings. The average molecular weight is 242 g/mol. The molecule has 0 saturated carbocycles. The summed E-state index contributed by atoms with van der Waals surface area (Å²) in [5.41, 5.74) is 2.24. The number of ether oxygens (including phenoxy) is 1. The van der Waals surface area contributed by atoms with Crippen LogP contribution < -0.4 is 4.74 Å². The molecular weight excluding hydrogens is 228 g/mol. The Morgan fingerprint density at radius 2 is 1.50 bits per heavy atom. The Hall–Kier alpha value is -2.29. The maximum Gasteiger partial charge on any atom is 0.308 e. The fourth-order valence-electron chi connectivity index (χ4n) is 1.69. The van der Waals surface area contributed by atoms with Crippen molar-refractivity contribution in [1.82, 2.24) is 0 Å². The van der Waals surface area contributed by atoms with Crippen molar-refractivity contribution in [1.29, 1.82) is 0 Å². The van der Waals surface area contributed by atoms with Crippen LogP contribution in [0.4, 0.5) is 0 Å². The summed E-state index contributed by atoms with van der Waals surface area (Å²) in [7, 11) is 0. The number of hydrogen-bond acceptors (Lipinski definition) is 3. The molecule has 2 aromatic carbocycles. The Balaban J connectivity index is 2.06. The molecule has 18 heavy (non-hydrogen) atoms. The van der Waals surface area contributed by atoms with Crippen LogP contribution in [-0.4, -0.2) is 11.1 Å². The highest BCUT2D eigenvalue weighted by Crippen LogP contribution is 2.17. The van der Waals surface area contributed by atoms with E-state index in [-0.39, 0.29) is 11.7 Å². The van der Waals surface area contributed by atoms with Crippen LogP contribution in [0.5, 0.6) is 11.5 Å². The van der Waals surface area contributed by atoms with Gasteiger partial charge in [0.25, 0.3) is 0 Å². The molecule has 0 atom stereocenters. The van der Waals surface area contributed by atoms with Gasteiger partial charge in [0.2, 0.25) is 0 Å². The standard InChI is InChI=1S/C15H14O3/c1-11(16)18-15-8-4-13(5-9-15)10-12-2-6-14(17)7-3-12/h2-9,17H,10H2,1H3. The van der Waals surface area contributed by atoms with Crippen LogP contribution in [0.15, 0.2) is 48.5 Å². The van der Waals surface area contributed by atoms with Crippen molar-refractivity contribution < 1.29 is 14.6 Å². The molecule has 92 valence electrons. The molecular formula is C15H14O3. The Kier molecular flexibility index (Phi) is 3.63. The number of esters is 1. The Labute approximate surface area is 106 Å². The van der Waals surface area contributed by atoms with Gasteiger partial charge in [0.1, 0.15) is 11.5 Å². The zero-order valence-corrected chi connectivity index (χ0v) is 10.1. The van der Waals surface area contributed by atoms with Crippen LogP contribution >= 0.6 is 0 Å². The van der Waals surface area contributed by atoms with Gasteiger partial charge in [0.15, 0.2) is 0 Å². The molecule has 2 rings (SSSR count). The Morgan fingerprint density at radius 1 is 1.00 bits per heavy atom. The van der Waals surface area contributed by atoms with E-state index < -0.39 is 0 Å². The third-order valence-electron chi connectivity index (χ3n) is 2.53. The summed E-state index contributed by atoms with van der Waals surface area (Å²) in [6.45, 7) is 1.38. The van der Waals surface area contributed by atoms with Gasteiger partial charge in [0, 0.05) is 6.92 Å². The quantitative estimate of drug-likeness (QED) is 0.665. The van der Waals surface area contributed by atoms with Crippen LogP contribution in [0.3, 0.4) is 0 Å². The maximum atomic E-state index is 10.8. The highest BCUT2D eigenvalue weighted by molar-refractivity contribution is 5.69. The summed E-state index contributed by atoms with van der Waals surface area (Å²) in [6.07, 6.45) is 0.778. The summed E-state index contributed by atoms with van der Waals surface area (Å²) in [4.78, 5) is 10.8. The van der Waals surface area contributed by atoms with Gasteiger partial charge in [-0.25, -0.2) is 0 Å². The van der Waals surface area contributed by atoms with Crippen molar-refractivity contribution in [2.75, 3.05) is 0 Å². The summed E-state index contributed by atoms with van der Waals surface area (Å²) >= 11 is 0. The number of hydrogen-bond donors (Lipinski definition) is 1. The van der Waals surface area contributed by atoms with Crippen LogP contribution in [0.2, 0.25) is 0 Å².